The van der Waals surface area contributed by atoms with Crippen molar-refractivity contribution in [3.63, 3.8) is 0 Å². The molecule has 2 aromatic carbocycles. The number of amides is 2. The summed E-state index contributed by atoms with van der Waals surface area (Å²) in [6.45, 7) is 6.10. The number of carbonyl (C=O) groups is 2. The van der Waals surface area contributed by atoms with Crippen LogP contribution in [0, 0.1) is 0 Å². The number of rotatable bonds is 7. The van der Waals surface area contributed by atoms with Gasteiger partial charge in [-0.1, -0.05) is 44.2 Å². The van der Waals surface area contributed by atoms with E-state index in [4.69, 9.17) is 0 Å². The molecule has 1 heterocycles. The summed E-state index contributed by atoms with van der Waals surface area (Å²) in [5, 5.41) is 2.88. The number of hydrogen-bond donors (Lipinski definition) is 1. The summed E-state index contributed by atoms with van der Waals surface area (Å²) in [5.74, 6) is -0.522. The molecular formula is C22H27N3O4S. The Morgan fingerprint density at radius 2 is 1.77 bits per heavy atom. The van der Waals surface area contributed by atoms with E-state index in [1.165, 1.54) is 22.2 Å². The van der Waals surface area contributed by atoms with Crippen LogP contribution in [0.1, 0.15) is 31.9 Å². The van der Waals surface area contributed by atoms with E-state index in [2.05, 4.69) is 5.32 Å². The fourth-order valence-electron chi connectivity index (χ4n) is 3.80. The lowest BCUT2D eigenvalue weighted by molar-refractivity contribution is -0.125. The Hall–Kier alpha value is -2.71. The lowest BCUT2D eigenvalue weighted by atomic mass is 10.1. The number of nitrogens with one attached hydrogen (secondary N) is 1. The molecule has 3 rings (SSSR count). The first-order valence-corrected chi connectivity index (χ1v) is 11.5. The minimum absolute atomic E-state index is 0.179. The topological polar surface area (TPSA) is 86.8 Å². The first kappa shape index (κ1) is 22.0. The summed E-state index contributed by atoms with van der Waals surface area (Å²) in [4.78, 5) is 26.8. The predicted molar refractivity (Wildman–Crippen MR) is 115 cm³/mol. The van der Waals surface area contributed by atoms with Crippen LogP contribution in [0.2, 0.25) is 0 Å². The molecule has 0 spiro atoms. The van der Waals surface area contributed by atoms with E-state index in [-0.39, 0.29) is 23.1 Å². The van der Waals surface area contributed by atoms with Crippen molar-refractivity contribution < 1.29 is 18.0 Å². The Labute approximate surface area is 177 Å². The zero-order chi connectivity index (χ0) is 21.9. The van der Waals surface area contributed by atoms with Crippen LogP contribution in [0.25, 0.3) is 0 Å². The second-order valence-electron chi connectivity index (χ2n) is 7.19. The van der Waals surface area contributed by atoms with Gasteiger partial charge in [-0.2, -0.15) is 4.31 Å². The average molecular weight is 430 g/mol. The Morgan fingerprint density at radius 3 is 2.37 bits per heavy atom. The summed E-state index contributed by atoms with van der Waals surface area (Å²) in [6.07, 6.45) is 0.275. The van der Waals surface area contributed by atoms with E-state index < -0.39 is 16.1 Å². The maximum Gasteiger partial charge on any atom is 0.243 e. The molecule has 0 unspecified atom stereocenters. The van der Waals surface area contributed by atoms with Gasteiger partial charge in [0.25, 0.3) is 0 Å². The standard InChI is InChI=1S/C22H27N3O4S/c1-4-24(5-2)30(28,29)19-11-12-20-18(13-19)14-21(25(20)16(3)26)22(27)23-15-17-9-7-6-8-10-17/h6-13,21H,4-5,14-15H2,1-3H3,(H,23,27)/t21-/m1/s1. The third kappa shape index (κ3) is 4.24. The molecule has 7 nitrogen and oxygen atoms in total. The van der Waals surface area contributed by atoms with E-state index in [9.17, 15) is 18.0 Å². The van der Waals surface area contributed by atoms with E-state index in [0.29, 0.717) is 30.9 Å². The van der Waals surface area contributed by atoms with Gasteiger partial charge in [0.15, 0.2) is 0 Å². The van der Waals surface area contributed by atoms with Gasteiger partial charge in [0.2, 0.25) is 21.8 Å². The Morgan fingerprint density at radius 1 is 1.10 bits per heavy atom. The van der Waals surface area contributed by atoms with Gasteiger partial charge < -0.3 is 5.32 Å². The molecule has 0 aliphatic carbocycles. The van der Waals surface area contributed by atoms with E-state index >= 15 is 0 Å². The van der Waals surface area contributed by atoms with Crippen molar-refractivity contribution in [1.29, 1.82) is 0 Å². The van der Waals surface area contributed by atoms with Gasteiger partial charge in [0.1, 0.15) is 6.04 Å². The van der Waals surface area contributed by atoms with Gasteiger partial charge in [-0.15, -0.1) is 0 Å². The number of carbonyl (C=O) groups excluding carboxylic acids is 2. The first-order chi connectivity index (χ1) is 14.3. The number of sulfonamides is 1. The molecule has 1 atom stereocenters. The molecule has 2 amide bonds. The minimum Gasteiger partial charge on any atom is -0.350 e. The van der Waals surface area contributed by atoms with Crippen molar-refractivity contribution >= 4 is 27.5 Å². The fourth-order valence-corrected chi connectivity index (χ4v) is 5.31. The largest absolute Gasteiger partial charge is 0.350 e. The zero-order valence-corrected chi connectivity index (χ0v) is 18.3. The van der Waals surface area contributed by atoms with Crippen molar-refractivity contribution in [2.24, 2.45) is 0 Å². The Bertz CT molecular complexity index is 1030. The SMILES string of the molecule is CCN(CC)S(=O)(=O)c1ccc2c(c1)C[C@H](C(=O)NCc1ccccc1)N2C(C)=O. The third-order valence-corrected chi connectivity index (χ3v) is 7.38. The molecule has 0 bridgehead atoms. The normalized spacial score (nSPS) is 15.9. The fraction of sp³-hybridized carbons (Fsp3) is 0.364. The molecule has 0 saturated heterocycles. The van der Waals surface area contributed by atoms with Crippen molar-refractivity contribution in [3.05, 3.63) is 59.7 Å². The van der Waals surface area contributed by atoms with Crippen LogP contribution >= 0.6 is 0 Å². The van der Waals surface area contributed by atoms with Crippen LogP contribution in [0.3, 0.4) is 0 Å². The van der Waals surface area contributed by atoms with Gasteiger partial charge in [0, 0.05) is 38.7 Å². The van der Waals surface area contributed by atoms with Gasteiger partial charge in [-0.05, 0) is 29.3 Å². The molecule has 1 aliphatic rings. The van der Waals surface area contributed by atoms with Crippen LogP contribution in [0.15, 0.2) is 53.4 Å². The number of hydrogen-bond acceptors (Lipinski definition) is 4. The van der Waals surface area contributed by atoms with Crippen LogP contribution in [0.4, 0.5) is 5.69 Å². The van der Waals surface area contributed by atoms with Gasteiger partial charge >= 0.3 is 0 Å². The molecular weight excluding hydrogens is 402 g/mol. The van der Waals surface area contributed by atoms with Crippen molar-refractivity contribution in [2.75, 3.05) is 18.0 Å². The minimum atomic E-state index is -3.62. The van der Waals surface area contributed by atoms with Crippen LogP contribution in [-0.2, 0) is 32.6 Å². The highest BCUT2D eigenvalue weighted by atomic mass is 32.2. The maximum absolute atomic E-state index is 12.9. The van der Waals surface area contributed by atoms with Crippen molar-refractivity contribution in [3.8, 4) is 0 Å². The summed E-state index contributed by atoms with van der Waals surface area (Å²) in [5.41, 5.74) is 2.22. The first-order valence-electron chi connectivity index (χ1n) is 10.0. The summed E-state index contributed by atoms with van der Waals surface area (Å²) >= 11 is 0. The molecule has 0 aromatic heterocycles. The summed E-state index contributed by atoms with van der Waals surface area (Å²) < 4.78 is 27.1. The molecule has 1 N–H and O–H groups in total. The maximum atomic E-state index is 12.9. The van der Waals surface area contributed by atoms with Crippen molar-refractivity contribution in [1.82, 2.24) is 9.62 Å². The molecule has 160 valence electrons. The van der Waals surface area contributed by atoms with Crippen molar-refractivity contribution in [2.45, 2.75) is 44.7 Å². The molecule has 0 saturated carbocycles. The second-order valence-corrected chi connectivity index (χ2v) is 9.13. The van der Waals surface area contributed by atoms with Gasteiger partial charge in [0.05, 0.1) is 4.90 Å². The van der Waals surface area contributed by atoms with E-state index in [0.717, 1.165) is 5.56 Å². The Balaban J connectivity index is 1.85. The number of fused-ring (bicyclic) bond motifs is 1. The van der Waals surface area contributed by atoms with E-state index in [1.807, 2.05) is 30.3 Å². The number of benzene rings is 2. The summed E-state index contributed by atoms with van der Waals surface area (Å²) in [6, 6.07) is 13.5. The monoisotopic (exact) mass is 429 g/mol. The molecule has 1 aliphatic heterocycles. The number of anilines is 1. The predicted octanol–water partition coefficient (Wildman–Crippen LogP) is 2.31. The average Bonchev–Trinajstić information content (AvgIpc) is 3.12. The molecule has 0 fully saturated rings. The van der Waals surface area contributed by atoms with Crippen LogP contribution in [-0.4, -0.2) is 43.7 Å². The molecule has 8 heteroatoms. The molecule has 30 heavy (non-hydrogen) atoms. The van der Waals surface area contributed by atoms with E-state index in [1.54, 1.807) is 26.0 Å². The zero-order valence-electron chi connectivity index (χ0n) is 17.5. The van der Waals surface area contributed by atoms with Crippen LogP contribution < -0.4 is 10.2 Å². The highest BCUT2D eigenvalue weighted by Crippen LogP contribution is 2.35. The quantitative estimate of drug-likeness (QED) is 0.732. The lowest BCUT2D eigenvalue weighted by Crippen LogP contribution is -2.47. The third-order valence-electron chi connectivity index (χ3n) is 5.33. The smallest absolute Gasteiger partial charge is 0.243 e. The van der Waals surface area contributed by atoms with Gasteiger partial charge in [-0.3, -0.25) is 14.5 Å². The highest BCUT2D eigenvalue weighted by molar-refractivity contribution is 7.89. The Kier molecular flexibility index (Phi) is 6.58. The molecule has 2 aromatic rings. The number of nitrogens with zero attached hydrogens (tertiary/aromatic N) is 2. The highest BCUT2D eigenvalue weighted by Gasteiger charge is 2.37. The molecule has 0 radical (unpaired) electrons. The second kappa shape index (κ2) is 8.97. The summed E-state index contributed by atoms with van der Waals surface area (Å²) in [7, 11) is -3.62. The van der Waals surface area contributed by atoms with Crippen LogP contribution in [0.5, 0.6) is 0 Å². The van der Waals surface area contributed by atoms with Gasteiger partial charge in [-0.25, -0.2) is 8.42 Å². The lowest BCUT2D eigenvalue weighted by Gasteiger charge is -2.23.